The van der Waals surface area contributed by atoms with Crippen LogP contribution in [0.5, 0.6) is 5.75 Å². The van der Waals surface area contributed by atoms with Crippen molar-refractivity contribution in [2.24, 2.45) is 0 Å². The minimum Gasteiger partial charge on any atom is -0.497 e. The second-order valence-electron chi connectivity index (χ2n) is 7.00. The molecule has 8 heteroatoms. The number of anilines is 1. The second kappa shape index (κ2) is 7.41. The van der Waals surface area contributed by atoms with Crippen molar-refractivity contribution in [1.82, 2.24) is 4.98 Å². The highest BCUT2D eigenvalue weighted by Gasteiger charge is 2.44. The Balaban J connectivity index is 1.79. The van der Waals surface area contributed by atoms with E-state index in [2.05, 4.69) is 4.98 Å². The van der Waals surface area contributed by atoms with Gasteiger partial charge in [0.15, 0.2) is 5.43 Å². The van der Waals surface area contributed by atoms with E-state index in [-0.39, 0.29) is 16.8 Å². The van der Waals surface area contributed by atoms with Crippen molar-refractivity contribution in [3.63, 3.8) is 0 Å². The summed E-state index contributed by atoms with van der Waals surface area (Å²) in [4.78, 5) is 32.7. The number of rotatable bonds is 3. The highest BCUT2D eigenvalue weighted by Crippen LogP contribution is 2.41. The number of methoxy groups -OCH3 is 1. The first-order valence-electron chi connectivity index (χ1n) is 9.33. The third-order valence-electron chi connectivity index (χ3n) is 5.22. The molecule has 2 aromatic heterocycles. The number of hydrogen-bond donors (Lipinski definition) is 0. The molecule has 0 saturated carbocycles. The normalized spacial score (nSPS) is 15.4. The summed E-state index contributed by atoms with van der Waals surface area (Å²) < 4.78 is 11.1. The van der Waals surface area contributed by atoms with Crippen LogP contribution in [-0.4, -0.2) is 18.0 Å². The largest absolute Gasteiger partial charge is 0.497 e. The Morgan fingerprint density at radius 3 is 2.42 bits per heavy atom. The fraction of sp³-hybridized carbons (Fsp3) is 0.0870. The molecule has 2 aromatic carbocycles. The van der Waals surface area contributed by atoms with Crippen molar-refractivity contribution in [3.05, 3.63) is 97.9 Å². The molecule has 0 spiro atoms. The van der Waals surface area contributed by atoms with Gasteiger partial charge in [-0.15, -0.1) is 0 Å². The molecule has 5 rings (SSSR count). The molecule has 0 bridgehead atoms. The Kier molecular flexibility index (Phi) is 4.68. The average Bonchev–Trinajstić information content (AvgIpc) is 3.07. The number of carbonyl (C=O) groups is 1. The molecular weight excluding hydrogens is 439 g/mol. The predicted molar refractivity (Wildman–Crippen MR) is 118 cm³/mol. The standard InChI is InChI=1S/C23H14Cl2N2O4/c1-30-15-6-2-12(3-7-15)20-19-21(28)16-10-13(24)4-8-17(16)31-22(19)23(29)27(20)18-9-5-14(25)11-26-18/h2-11,20H,1H3. The van der Waals surface area contributed by atoms with Crippen molar-refractivity contribution in [1.29, 1.82) is 0 Å². The molecule has 0 radical (unpaired) electrons. The van der Waals surface area contributed by atoms with Gasteiger partial charge in [0.25, 0.3) is 5.91 Å². The van der Waals surface area contributed by atoms with E-state index in [9.17, 15) is 9.59 Å². The first-order chi connectivity index (χ1) is 15.0. The molecule has 1 amide bonds. The molecule has 0 N–H and O–H groups in total. The van der Waals surface area contributed by atoms with Crippen molar-refractivity contribution in [2.75, 3.05) is 12.0 Å². The number of pyridine rings is 1. The Labute approximate surface area is 186 Å². The third-order valence-corrected chi connectivity index (χ3v) is 5.68. The summed E-state index contributed by atoms with van der Waals surface area (Å²) in [6, 6.07) is 14.4. The molecular formula is C23H14Cl2N2O4. The number of carbonyl (C=O) groups excluding carboxylic acids is 1. The SMILES string of the molecule is COc1ccc(C2c3c(oc4ccc(Cl)cc4c3=O)C(=O)N2c2ccc(Cl)cn2)cc1. The lowest BCUT2D eigenvalue weighted by molar-refractivity contribution is 0.0970. The zero-order chi connectivity index (χ0) is 21.7. The Hall–Kier alpha value is -3.35. The monoisotopic (exact) mass is 452 g/mol. The highest BCUT2D eigenvalue weighted by atomic mass is 35.5. The van der Waals surface area contributed by atoms with Crippen molar-refractivity contribution in [2.45, 2.75) is 6.04 Å². The smallest absolute Gasteiger partial charge is 0.296 e. The maximum absolute atomic E-state index is 13.5. The topological polar surface area (TPSA) is 72.6 Å². The molecule has 1 aliphatic heterocycles. The minimum absolute atomic E-state index is 0.0163. The highest BCUT2D eigenvalue weighted by molar-refractivity contribution is 6.31. The van der Waals surface area contributed by atoms with E-state index in [1.54, 1.807) is 61.7 Å². The Morgan fingerprint density at radius 1 is 1.00 bits per heavy atom. The van der Waals surface area contributed by atoms with Gasteiger partial charge in [0.1, 0.15) is 17.2 Å². The van der Waals surface area contributed by atoms with Gasteiger partial charge in [-0.25, -0.2) is 4.98 Å². The number of hydrogen-bond acceptors (Lipinski definition) is 5. The molecule has 1 atom stereocenters. The number of amides is 1. The summed E-state index contributed by atoms with van der Waals surface area (Å²) in [5.41, 5.74) is 0.922. The van der Waals surface area contributed by atoms with E-state index in [0.29, 0.717) is 38.1 Å². The molecule has 3 heterocycles. The number of halogens is 2. The van der Waals surface area contributed by atoms with Crippen LogP contribution in [0.3, 0.4) is 0 Å². The predicted octanol–water partition coefficient (Wildman–Crippen LogP) is 5.25. The Morgan fingerprint density at radius 2 is 1.74 bits per heavy atom. The molecule has 154 valence electrons. The van der Waals surface area contributed by atoms with Crippen LogP contribution in [0.25, 0.3) is 11.0 Å². The first-order valence-corrected chi connectivity index (χ1v) is 10.1. The molecule has 1 aliphatic rings. The van der Waals surface area contributed by atoms with Gasteiger partial charge in [-0.1, -0.05) is 35.3 Å². The summed E-state index contributed by atoms with van der Waals surface area (Å²) in [5, 5.41) is 1.15. The van der Waals surface area contributed by atoms with Crippen molar-refractivity contribution >= 4 is 45.9 Å². The molecule has 6 nitrogen and oxygen atoms in total. The van der Waals surface area contributed by atoms with Crippen LogP contribution in [0.2, 0.25) is 10.0 Å². The van der Waals surface area contributed by atoms with E-state index in [0.717, 1.165) is 0 Å². The molecule has 0 saturated heterocycles. The van der Waals surface area contributed by atoms with E-state index < -0.39 is 11.9 Å². The average molecular weight is 453 g/mol. The zero-order valence-corrected chi connectivity index (χ0v) is 17.6. The van der Waals surface area contributed by atoms with Crippen LogP contribution in [-0.2, 0) is 0 Å². The van der Waals surface area contributed by atoms with Crippen LogP contribution in [0.1, 0.15) is 27.7 Å². The molecule has 1 unspecified atom stereocenters. The summed E-state index contributed by atoms with van der Waals surface area (Å²) in [6.07, 6.45) is 1.45. The fourth-order valence-electron chi connectivity index (χ4n) is 3.79. The molecule has 31 heavy (non-hydrogen) atoms. The van der Waals surface area contributed by atoms with E-state index in [4.69, 9.17) is 32.4 Å². The van der Waals surface area contributed by atoms with Crippen LogP contribution in [0.15, 0.2) is 70.0 Å². The van der Waals surface area contributed by atoms with Gasteiger partial charge in [-0.2, -0.15) is 0 Å². The van der Waals surface area contributed by atoms with Gasteiger partial charge in [0.2, 0.25) is 5.76 Å². The Bertz CT molecular complexity index is 1380. The van der Waals surface area contributed by atoms with E-state index in [1.165, 1.54) is 11.1 Å². The van der Waals surface area contributed by atoms with Crippen molar-refractivity contribution in [3.8, 4) is 5.75 Å². The van der Waals surface area contributed by atoms with Crippen LogP contribution in [0.4, 0.5) is 5.82 Å². The van der Waals surface area contributed by atoms with Crippen LogP contribution in [0, 0.1) is 0 Å². The number of ether oxygens (including phenoxy) is 1. The molecule has 0 fully saturated rings. The van der Waals surface area contributed by atoms with Gasteiger partial charge < -0.3 is 9.15 Å². The van der Waals surface area contributed by atoms with E-state index in [1.807, 2.05) is 0 Å². The van der Waals surface area contributed by atoms with Crippen LogP contribution < -0.4 is 15.1 Å². The van der Waals surface area contributed by atoms with Gasteiger partial charge in [0, 0.05) is 11.2 Å². The fourth-order valence-corrected chi connectivity index (χ4v) is 4.08. The lowest BCUT2D eigenvalue weighted by Gasteiger charge is -2.24. The van der Waals surface area contributed by atoms with Gasteiger partial charge in [-0.05, 0) is 48.0 Å². The van der Waals surface area contributed by atoms with Crippen LogP contribution >= 0.6 is 23.2 Å². The number of aromatic nitrogens is 1. The number of fused-ring (bicyclic) bond motifs is 2. The van der Waals surface area contributed by atoms with Gasteiger partial charge >= 0.3 is 0 Å². The zero-order valence-electron chi connectivity index (χ0n) is 16.1. The molecule has 4 aromatic rings. The number of benzene rings is 2. The second-order valence-corrected chi connectivity index (χ2v) is 7.87. The first kappa shape index (κ1) is 19.6. The summed E-state index contributed by atoms with van der Waals surface area (Å²) in [7, 11) is 1.57. The lowest BCUT2D eigenvalue weighted by atomic mass is 9.98. The van der Waals surface area contributed by atoms with Gasteiger partial charge in [-0.3, -0.25) is 14.5 Å². The summed E-state index contributed by atoms with van der Waals surface area (Å²) >= 11 is 12.1. The van der Waals surface area contributed by atoms with E-state index >= 15 is 0 Å². The maximum atomic E-state index is 13.5. The van der Waals surface area contributed by atoms with Crippen molar-refractivity contribution < 1.29 is 13.9 Å². The summed E-state index contributed by atoms with van der Waals surface area (Å²) in [6.45, 7) is 0. The summed E-state index contributed by atoms with van der Waals surface area (Å²) in [5.74, 6) is 0.530. The third kappa shape index (κ3) is 3.15. The number of nitrogens with zero attached hydrogens (tertiary/aromatic N) is 2. The minimum atomic E-state index is -0.735. The van der Waals surface area contributed by atoms with Gasteiger partial charge in [0.05, 0.1) is 29.1 Å². The molecule has 0 aliphatic carbocycles. The quantitative estimate of drug-likeness (QED) is 0.424. The lowest BCUT2D eigenvalue weighted by Crippen LogP contribution is -2.30. The maximum Gasteiger partial charge on any atom is 0.296 e.